The first-order valence-corrected chi connectivity index (χ1v) is 8.65. The fourth-order valence-corrected chi connectivity index (χ4v) is 2.51. The molecular weight excluding hydrogens is 352 g/mol. The van der Waals surface area contributed by atoms with Crippen molar-refractivity contribution in [3.63, 3.8) is 0 Å². The lowest BCUT2D eigenvalue weighted by atomic mass is 10.1. The third kappa shape index (κ3) is 6.79. The van der Waals surface area contributed by atoms with E-state index < -0.39 is 17.5 Å². The molecule has 2 amide bonds. The van der Waals surface area contributed by atoms with Crippen LogP contribution in [-0.2, 0) is 22.6 Å². The van der Waals surface area contributed by atoms with Gasteiger partial charge in [0.25, 0.3) is 0 Å². The second kappa shape index (κ2) is 9.78. The molecule has 0 spiro atoms. The number of carbonyl (C=O) groups excluding carboxylic acids is 2. The van der Waals surface area contributed by atoms with Crippen LogP contribution in [0.2, 0.25) is 0 Å². The van der Waals surface area contributed by atoms with E-state index in [4.69, 9.17) is 0 Å². The number of hydrogen-bond acceptors (Lipinski definition) is 3. The summed E-state index contributed by atoms with van der Waals surface area (Å²) >= 11 is 0. The Kier molecular flexibility index (Phi) is 7.43. The van der Waals surface area contributed by atoms with Gasteiger partial charge < -0.3 is 10.6 Å². The molecule has 0 aromatic heterocycles. The molecule has 5 nitrogen and oxygen atoms in total. The van der Waals surface area contributed by atoms with Gasteiger partial charge in [-0.15, -0.1) is 0 Å². The minimum absolute atomic E-state index is 0.126. The van der Waals surface area contributed by atoms with Crippen molar-refractivity contribution in [1.29, 1.82) is 0 Å². The Bertz CT molecular complexity index is 794. The van der Waals surface area contributed by atoms with Crippen LogP contribution in [0.4, 0.5) is 14.5 Å². The van der Waals surface area contributed by atoms with E-state index in [0.717, 1.165) is 24.1 Å². The Morgan fingerprint density at radius 2 is 1.63 bits per heavy atom. The maximum atomic E-state index is 13.1. The summed E-state index contributed by atoms with van der Waals surface area (Å²) in [5.41, 5.74) is 2.48. The van der Waals surface area contributed by atoms with E-state index in [1.54, 1.807) is 0 Å². The van der Waals surface area contributed by atoms with E-state index in [1.807, 2.05) is 24.1 Å². The number of aryl methyl sites for hydroxylation is 1. The molecule has 0 aliphatic heterocycles. The van der Waals surface area contributed by atoms with Gasteiger partial charge in [0.15, 0.2) is 11.6 Å². The molecule has 0 aliphatic carbocycles. The highest BCUT2D eigenvalue weighted by atomic mass is 19.2. The third-order valence-corrected chi connectivity index (χ3v) is 3.95. The van der Waals surface area contributed by atoms with Gasteiger partial charge >= 0.3 is 0 Å². The van der Waals surface area contributed by atoms with Crippen molar-refractivity contribution >= 4 is 17.5 Å². The molecule has 144 valence electrons. The molecule has 0 bridgehead atoms. The second-order valence-electron chi connectivity index (χ2n) is 6.30. The van der Waals surface area contributed by atoms with Gasteiger partial charge in [-0.2, -0.15) is 0 Å². The van der Waals surface area contributed by atoms with Crippen LogP contribution in [0.5, 0.6) is 0 Å². The van der Waals surface area contributed by atoms with Gasteiger partial charge in [0.2, 0.25) is 11.8 Å². The fraction of sp³-hybridized carbons (Fsp3) is 0.300. The monoisotopic (exact) mass is 375 g/mol. The van der Waals surface area contributed by atoms with Crippen LogP contribution in [0.25, 0.3) is 0 Å². The number of rotatable bonds is 8. The summed E-state index contributed by atoms with van der Waals surface area (Å²) in [4.78, 5) is 25.6. The van der Waals surface area contributed by atoms with Crippen LogP contribution in [-0.4, -0.2) is 36.9 Å². The molecule has 27 heavy (non-hydrogen) atoms. The Morgan fingerprint density at radius 1 is 0.963 bits per heavy atom. The normalized spacial score (nSPS) is 10.7. The predicted octanol–water partition coefficient (Wildman–Crippen LogP) is 2.71. The summed E-state index contributed by atoms with van der Waals surface area (Å²) in [6.07, 6.45) is 0.977. The van der Waals surface area contributed by atoms with Gasteiger partial charge in [0.1, 0.15) is 0 Å². The molecule has 0 saturated carbocycles. The summed E-state index contributed by atoms with van der Waals surface area (Å²) in [6.45, 7) is 2.58. The predicted molar refractivity (Wildman–Crippen MR) is 100 cm³/mol. The van der Waals surface area contributed by atoms with Gasteiger partial charge in [0, 0.05) is 18.3 Å². The molecule has 2 aromatic rings. The number of amides is 2. The Morgan fingerprint density at radius 3 is 2.26 bits per heavy atom. The zero-order valence-corrected chi connectivity index (χ0v) is 15.4. The number of nitrogens with one attached hydrogen (secondary N) is 2. The first kappa shape index (κ1) is 20.5. The van der Waals surface area contributed by atoms with Crippen LogP contribution < -0.4 is 10.6 Å². The van der Waals surface area contributed by atoms with Gasteiger partial charge in [0.05, 0.1) is 13.1 Å². The summed E-state index contributed by atoms with van der Waals surface area (Å²) in [5.74, 6) is -2.87. The minimum Gasteiger partial charge on any atom is -0.346 e. The summed E-state index contributed by atoms with van der Waals surface area (Å²) in [5, 5.41) is 4.90. The van der Waals surface area contributed by atoms with Crippen LogP contribution >= 0.6 is 0 Å². The SMILES string of the molecule is CCc1ccc(CN(C)CC(=O)NCC(=O)Nc2ccc(F)c(F)c2)cc1. The second-order valence-corrected chi connectivity index (χ2v) is 6.30. The summed E-state index contributed by atoms with van der Waals surface area (Å²) in [7, 11) is 1.81. The maximum absolute atomic E-state index is 13.1. The highest BCUT2D eigenvalue weighted by Crippen LogP contribution is 2.12. The molecular formula is C20H23F2N3O2. The van der Waals surface area contributed by atoms with E-state index in [0.29, 0.717) is 6.54 Å². The molecule has 2 N–H and O–H groups in total. The van der Waals surface area contributed by atoms with Crippen molar-refractivity contribution in [2.24, 2.45) is 0 Å². The number of likely N-dealkylation sites (N-methyl/N-ethyl adjacent to an activating group) is 1. The Hall–Kier alpha value is -2.80. The lowest BCUT2D eigenvalue weighted by Gasteiger charge is -2.16. The van der Waals surface area contributed by atoms with Gasteiger partial charge in [-0.1, -0.05) is 31.2 Å². The fourth-order valence-electron chi connectivity index (χ4n) is 2.51. The standard InChI is InChI=1S/C20H23F2N3O2/c1-3-14-4-6-15(7-5-14)12-25(2)13-20(27)23-11-19(26)24-16-8-9-17(21)18(22)10-16/h4-10H,3,11-13H2,1-2H3,(H,23,27)(H,24,26). The van der Waals surface area contributed by atoms with Crippen molar-refractivity contribution < 1.29 is 18.4 Å². The summed E-state index contributed by atoms with van der Waals surface area (Å²) in [6, 6.07) is 11.2. The molecule has 2 rings (SSSR count). The molecule has 7 heteroatoms. The van der Waals surface area contributed by atoms with Crippen LogP contribution in [0, 0.1) is 11.6 Å². The van der Waals surface area contributed by atoms with E-state index in [9.17, 15) is 18.4 Å². The minimum atomic E-state index is -1.05. The molecule has 2 aromatic carbocycles. The number of anilines is 1. The zero-order chi connectivity index (χ0) is 19.8. The van der Waals surface area contributed by atoms with E-state index in [-0.39, 0.29) is 24.7 Å². The van der Waals surface area contributed by atoms with Gasteiger partial charge in [-0.3, -0.25) is 14.5 Å². The van der Waals surface area contributed by atoms with E-state index >= 15 is 0 Å². The van der Waals surface area contributed by atoms with Crippen molar-refractivity contribution in [2.45, 2.75) is 19.9 Å². The Balaban J connectivity index is 1.73. The number of nitrogens with zero attached hydrogens (tertiary/aromatic N) is 1. The van der Waals surface area contributed by atoms with Gasteiger partial charge in [-0.05, 0) is 36.7 Å². The molecule has 0 unspecified atom stereocenters. The summed E-state index contributed by atoms with van der Waals surface area (Å²) < 4.78 is 26.0. The number of carbonyl (C=O) groups is 2. The van der Waals surface area contributed by atoms with E-state index in [1.165, 1.54) is 11.6 Å². The first-order chi connectivity index (χ1) is 12.9. The van der Waals surface area contributed by atoms with Crippen molar-refractivity contribution in [2.75, 3.05) is 25.5 Å². The van der Waals surface area contributed by atoms with Crippen molar-refractivity contribution in [1.82, 2.24) is 10.2 Å². The maximum Gasteiger partial charge on any atom is 0.243 e. The van der Waals surface area contributed by atoms with Gasteiger partial charge in [-0.25, -0.2) is 8.78 Å². The molecule has 0 atom stereocenters. The molecule has 0 saturated heterocycles. The van der Waals surface area contributed by atoms with Crippen LogP contribution in [0.15, 0.2) is 42.5 Å². The van der Waals surface area contributed by atoms with Crippen molar-refractivity contribution in [3.05, 3.63) is 65.2 Å². The largest absolute Gasteiger partial charge is 0.346 e. The highest BCUT2D eigenvalue weighted by Gasteiger charge is 2.10. The smallest absolute Gasteiger partial charge is 0.243 e. The quantitative estimate of drug-likeness (QED) is 0.746. The van der Waals surface area contributed by atoms with Crippen molar-refractivity contribution in [3.8, 4) is 0 Å². The number of benzene rings is 2. The van der Waals surface area contributed by atoms with Crippen LogP contribution in [0.3, 0.4) is 0 Å². The number of halogens is 2. The molecule has 0 fully saturated rings. The molecule has 0 aliphatic rings. The Labute approximate surface area is 157 Å². The average Bonchev–Trinajstić information content (AvgIpc) is 2.63. The first-order valence-electron chi connectivity index (χ1n) is 8.65. The lowest BCUT2D eigenvalue weighted by Crippen LogP contribution is -2.39. The molecule has 0 radical (unpaired) electrons. The topological polar surface area (TPSA) is 61.4 Å². The van der Waals surface area contributed by atoms with Crippen LogP contribution in [0.1, 0.15) is 18.1 Å². The lowest BCUT2D eigenvalue weighted by molar-refractivity contribution is -0.124. The third-order valence-electron chi connectivity index (χ3n) is 3.95. The van der Waals surface area contributed by atoms with E-state index in [2.05, 4.69) is 29.7 Å². The average molecular weight is 375 g/mol. The zero-order valence-electron chi connectivity index (χ0n) is 15.4. The highest BCUT2D eigenvalue weighted by molar-refractivity contribution is 5.94. The number of hydrogen-bond donors (Lipinski definition) is 2. The molecule has 0 heterocycles.